The van der Waals surface area contributed by atoms with E-state index in [9.17, 15) is 14.9 Å². The van der Waals surface area contributed by atoms with Crippen molar-refractivity contribution in [1.29, 1.82) is 0 Å². The van der Waals surface area contributed by atoms with Crippen molar-refractivity contribution in [1.82, 2.24) is 14.9 Å². The van der Waals surface area contributed by atoms with E-state index in [1.54, 1.807) is 11.5 Å². The Bertz CT molecular complexity index is 461. The highest BCUT2D eigenvalue weighted by Gasteiger charge is 2.15. The number of hydrogen-bond acceptors (Lipinski definition) is 5. The maximum atomic E-state index is 11.5. The molecule has 0 fully saturated rings. The van der Waals surface area contributed by atoms with Crippen molar-refractivity contribution in [3.8, 4) is 0 Å². The number of aryl methyl sites for hydroxylation is 2. The molecule has 0 aliphatic carbocycles. The van der Waals surface area contributed by atoms with Crippen molar-refractivity contribution in [2.75, 3.05) is 6.54 Å². The van der Waals surface area contributed by atoms with Gasteiger partial charge >= 0.3 is 5.82 Å². The fourth-order valence-corrected chi connectivity index (χ4v) is 1.56. The van der Waals surface area contributed by atoms with E-state index in [1.165, 1.54) is 6.20 Å². The molecule has 8 nitrogen and oxygen atoms in total. The molecule has 1 rings (SSSR count). The van der Waals surface area contributed by atoms with E-state index in [4.69, 9.17) is 5.73 Å². The number of aromatic nitrogens is 2. The third-order valence-corrected chi connectivity index (χ3v) is 2.65. The topological polar surface area (TPSA) is 116 Å². The van der Waals surface area contributed by atoms with Crippen molar-refractivity contribution < 1.29 is 9.72 Å². The first-order chi connectivity index (χ1) is 8.90. The number of nitrogens with zero attached hydrogens (tertiary/aromatic N) is 3. The molecule has 1 atom stereocenters. The molecule has 1 heterocycles. The molecular formula is C11H20ClN5O3. The molecule has 1 aromatic rings. The molecule has 1 aromatic heterocycles. The summed E-state index contributed by atoms with van der Waals surface area (Å²) in [5.74, 6) is 0.223. The maximum absolute atomic E-state index is 11.5. The second-order valence-electron chi connectivity index (χ2n) is 4.46. The Balaban J connectivity index is 0.00000361. The van der Waals surface area contributed by atoms with Crippen LogP contribution in [-0.2, 0) is 11.3 Å². The average molecular weight is 306 g/mol. The molecule has 1 unspecified atom stereocenters. The Morgan fingerprint density at radius 3 is 2.80 bits per heavy atom. The van der Waals surface area contributed by atoms with Gasteiger partial charge in [-0.2, -0.15) is 0 Å². The van der Waals surface area contributed by atoms with Gasteiger partial charge in [0.2, 0.25) is 11.7 Å². The number of amides is 1. The molecule has 3 N–H and O–H groups in total. The molecular weight excluding hydrogens is 286 g/mol. The molecule has 114 valence electrons. The number of rotatable bonds is 7. The van der Waals surface area contributed by atoms with Gasteiger partial charge in [-0.25, -0.2) is 0 Å². The zero-order valence-electron chi connectivity index (χ0n) is 11.5. The second-order valence-corrected chi connectivity index (χ2v) is 4.46. The molecule has 0 aliphatic heterocycles. The van der Waals surface area contributed by atoms with Gasteiger partial charge in [-0.1, -0.05) is 0 Å². The predicted molar refractivity (Wildman–Crippen MR) is 76.8 cm³/mol. The van der Waals surface area contributed by atoms with E-state index >= 15 is 0 Å². The molecule has 9 heteroatoms. The standard InChI is InChI=1S/C11H19N5O3.ClH/c1-8(12)3-5-13-11(17)4-6-15-7-10(16(18)19)14-9(15)2;/h7-8H,3-6,12H2,1-2H3,(H,13,17);1H. The normalized spacial score (nSPS) is 11.6. The van der Waals surface area contributed by atoms with Crippen LogP contribution < -0.4 is 11.1 Å². The molecule has 0 bridgehead atoms. The van der Waals surface area contributed by atoms with E-state index in [0.717, 1.165) is 6.42 Å². The van der Waals surface area contributed by atoms with Crippen molar-refractivity contribution in [2.24, 2.45) is 5.73 Å². The average Bonchev–Trinajstić information content (AvgIpc) is 2.68. The van der Waals surface area contributed by atoms with Gasteiger partial charge in [-0.05, 0) is 23.3 Å². The minimum absolute atomic E-state index is 0. The van der Waals surface area contributed by atoms with Gasteiger partial charge < -0.3 is 25.7 Å². The first kappa shape index (κ1) is 18.3. The molecule has 0 saturated heterocycles. The van der Waals surface area contributed by atoms with Crippen LogP contribution in [0.4, 0.5) is 5.82 Å². The van der Waals surface area contributed by atoms with Crippen molar-refractivity contribution in [3.63, 3.8) is 0 Å². The van der Waals surface area contributed by atoms with Gasteiger partial charge in [0.05, 0.1) is 0 Å². The molecule has 0 aliphatic rings. The molecule has 20 heavy (non-hydrogen) atoms. The molecule has 0 radical (unpaired) electrons. The lowest BCUT2D eigenvalue weighted by Crippen LogP contribution is -2.29. The van der Waals surface area contributed by atoms with Crippen LogP contribution in [0.2, 0.25) is 0 Å². The van der Waals surface area contributed by atoms with Crippen molar-refractivity contribution >= 4 is 24.1 Å². The number of halogens is 1. The number of carbonyl (C=O) groups is 1. The van der Waals surface area contributed by atoms with E-state index in [-0.39, 0.29) is 36.6 Å². The minimum atomic E-state index is -0.549. The van der Waals surface area contributed by atoms with E-state index in [1.807, 2.05) is 6.92 Å². The summed E-state index contributed by atoms with van der Waals surface area (Å²) in [5.41, 5.74) is 5.57. The van der Waals surface area contributed by atoms with Crippen LogP contribution in [0.15, 0.2) is 6.20 Å². The quantitative estimate of drug-likeness (QED) is 0.570. The first-order valence-electron chi connectivity index (χ1n) is 6.10. The summed E-state index contributed by atoms with van der Waals surface area (Å²) in [7, 11) is 0. The van der Waals surface area contributed by atoms with E-state index in [2.05, 4.69) is 10.3 Å². The summed E-state index contributed by atoms with van der Waals surface area (Å²) in [6, 6.07) is 0.0545. The number of hydrogen-bond donors (Lipinski definition) is 2. The second kappa shape index (κ2) is 8.49. The van der Waals surface area contributed by atoms with Crippen LogP contribution in [0.3, 0.4) is 0 Å². The first-order valence-corrected chi connectivity index (χ1v) is 6.10. The lowest BCUT2D eigenvalue weighted by Gasteiger charge is -2.07. The third kappa shape index (κ3) is 5.98. The van der Waals surface area contributed by atoms with Crippen molar-refractivity contribution in [2.45, 2.75) is 39.3 Å². The lowest BCUT2D eigenvalue weighted by atomic mass is 10.2. The van der Waals surface area contributed by atoms with Crippen LogP contribution in [0.5, 0.6) is 0 Å². The molecule has 0 aromatic carbocycles. The summed E-state index contributed by atoms with van der Waals surface area (Å²) < 4.78 is 1.60. The largest absolute Gasteiger partial charge is 0.381 e. The minimum Gasteiger partial charge on any atom is -0.358 e. The summed E-state index contributed by atoms with van der Waals surface area (Å²) in [4.78, 5) is 25.3. The zero-order valence-corrected chi connectivity index (χ0v) is 12.4. The van der Waals surface area contributed by atoms with Gasteiger partial charge in [0, 0.05) is 32.5 Å². The number of imidazole rings is 1. The van der Waals surface area contributed by atoms with Gasteiger partial charge in [-0.3, -0.25) is 4.79 Å². The zero-order chi connectivity index (χ0) is 14.4. The maximum Gasteiger partial charge on any atom is 0.381 e. The summed E-state index contributed by atoms with van der Waals surface area (Å²) in [6.07, 6.45) is 2.32. The number of carbonyl (C=O) groups excluding carboxylic acids is 1. The highest BCUT2D eigenvalue weighted by molar-refractivity contribution is 5.85. The Labute approximate surface area is 123 Å². The van der Waals surface area contributed by atoms with E-state index in [0.29, 0.717) is 18.9 Å². The van der Waals surface area contributed by atoms with Gasteiger partial charge in [-0.15, -0.1) is 12.4 Å². The highest BCUT2D eigenvalue weighted by atomic mass is 35.5. The Morgan fingerprint density at radius 2 is 2.30 bits per heavy atom. The molecule has 0 spiro atoms. The molecule has 0 saturated carbocycles. The van der Waals surface area contributed by atoms with Crippen molar-refractivity contribution in [3.05, 3.63) is 22.1 Å². The fourth-order valence-electron chi connectivity index (χ4n) is 1.56. The Hall–Kier alpha value is -1.67. The van der Waals surface area contributed by atoms with Crippen LogP contribution in [0.25, 0.3) is 0 Å². The number of nitrogens with one attached hydrogen (secondary N) is 1. The summed E-state index contributed by atoms with van der Waals surface area (Å²) in [5, 5.41) is 13.3. The fraction of sp³-hybridized carbons (Fsp3) is 0.636. The lowest BCUT2D eigenvalue weighted by molar-refractivity contribution is -0.389. The predicted octanol–water partition coefficient (Wildman–Crippen LogP) is 0.765. The third-order valence-electron chi connectivity index (χ3n) is 2.65. The summed E-state index contributed by atoms with van der Waals surface area (Å²) >= 11 is 0. The monoisotopic (exact) mass is 305 g/mol. The number of nitro groups is 1. The van der Waals surface area contributed by atoms with Crippen LogP contribution in [0.1, 0.15) is 25.6 Å². The van der Waals surface area contributed by atoms with Crippen LogP contribution in [0, 0.1) is 17.0 Å². The SMILES string of the molecule is Cc1nc([N+](=O)[O-])cn1CCC(=O)NCCC(C)N.Cl. The van der Waals surface area contributed by atoms with Gasteiger partial charge in [0.1, 0.15) is 6.20 Å². The van der Waals surface area contributed by atoms with Gasteiger partial charge in [0.25, 0.3) is 0 Å². The van der Waals surface area contributed by atoms with E-state index < -0.39 is 4.92 Å². The summed E-state index contributed by atoms with van der Waals surface area (Å²) in [6.45, 7) is 4.46. The molecule has 1 amide bonds. The number of nitrogens with two attached hydrogens (primary N) is 1. The van der Waals surface area contributed by atoms with Crippen LogP contribution in [-0.4, -0.2) is 33.0 Å². The Morgan fingerprint density at radius 1 is 1.65 bits per heavy atom. The Kier molecular flexibility index (Phi) is 7.78. The van der Waals surface area contributed by atoms with Gasteiger partial charge in [0.15, 0.2) is 0 Å². The van der Waals surface area contributed by atoms with Crippen LogP contribution >= 0.6 is 12.4 Å². The highest BCUT2D eigenvalue weighted by Crippen LogP contribution is 2.10. The smallest absolute Gasteiger partial charge is 0.358 e.